The topological polar surface area (TPSA) is 49.4 Å². The lowest BCUT2D eigenvalue weighted by Gasteiger charge is -2.14. The van der Waals surface area contributed by atoms with E-state index in [-0.39, 0.29) is 11.8 Å². The second kappa shape index (κ2) is 11.4. The second-order valence-electron chi connectivity index (χ2n) is 6.45. The summed E-state index contributed by atoms with van der Waals surface area (Å²) in [6.45, 7) is 0.581. The molecule has 1 fully saturated rings. The van der Waals surface area contributed by atoms with Gasteiger partial charge in [-0.25, -0.2) is 0 Å². The lowest BCUT2D eigenvalue weighted by molar-refractivity contribution is -0.122. The first kappa shape index (κ1) is 24.1. The van der Waals surface area contributed by atoms with E-state index in [0.29, 0.717) is 22.2 Å². The number of nitrogens with zero attached hydrogens (tertiary/aromatic N) is 1. The Bertz CT molecular complexity index is 970. The molecule has 30 heavy (non-hydrogen) atoms. The largest absolute Gasteiger partial charge is 0.324 e. The Morgan fingerprint density at radius 3 is 2.57 bits per heavy atom. The maximum absolute atomic E-state index is 12.6. The average molecular weight is 653 g/mol. The van der Waals surface area contributed by atoms with Crippen molar-refractivity contribution >= 4 is 111 Å². The number of anilines is 1. The molecule has 0 aliphatic carbocycles. The highest BCUT2D eigenvalue weighted by Gasteiger charge is 2.31. The molecule has 10 heteroatoms. The standard InChI is InChI=1S/C20H17Br3N2O2S3/c21-12-9-14(22)18(15(23)10-12)24-17(26)6-2-1-3-7-25-19(27)16(30-20(25)28)11-13-5-4-8-29-13/h4-5,8-11H,1-3,6-7H2,(H,24,26)/b16-11-. The predicted octanol–water partition coefficient (Wildman–Crippen LogP) is 7.44. The first-order valence-electron chi connectivity index (χ1n) is 9.08. The molecule has 3 rings (SSSR count). The van der Waals surface area contributed by atoms with Gasteiger partial charge in [0.15, 0.2) is 0 Å². The molecule has 1 aromatic heterocycles. The highest BCUT2D eigenvalue weighted by Crippen LogP contribution is 2.35. The number of rotatable bonds is 8. The van der Waals surface area contributed by atoms with Crippen molar-refractivity contribution in [2.45, 2.75) is 25.7 Å². The molecule has 0 atom stereocenters. The number of halogens is 3. The molecule has 4 nitrogen and oxygen atoms in total. The van der Waals surface area contributed by atoms with Crippen LogP contribution in [0.3, 0.4) is 0 Å². The van der Waals surface area contributed by atoms with Gasteiger partial charge in [-0.2, -0.15) is 0 Å². The molecule has 1 N–H and O–H groups in total. The minimum absolute atomic E-state index is 0.0268. The van der Waals surface area contributed by atoms with E-state index in [1.165, 1.54) is 11.8 Å². The number of thiocarbonyl (C=S) groups is 1. The molecule has 2 amide bonds. The molecule has 1 aromatic carbocycles. The van der Waals surface area contributed by atoms with Crippen LogP contribution in [0.1, 0.15) is 30.6 Å². The number of amides is 2. The number of carbonyl (C=O) groups is 2. The Morgan fingerprint density at radius 2 is 1.90 bits per heavy atom. The van der Waals surface area contributed by atoms with Crippen LogP contribution in [0, 0.1) is 0 Å². The van der Waals surface area contributed by atoms with Crippen LogP contribution < -0.4 is 5.32 Å². The van der Waals surface area contributed by atoms with Gasteiger partial charge in [0.1, 0.15) is 4.32 Å². The zero-order valence-corrected chi connectivity index (χ0v) is 22.8. The van der Waals surface area contributed by atoms with Crippen LogP contribution in [-0.2, 0) is 9.59 Å². The molecule has 158 valence electrons. The third-order valence-corrected chi connectivity index (χ3v) is 8.15. The summed E-state index contributed by atoms with van der Waals surface area (Å²) in [7, 11) is 0. The zero-order chi connectivity index (χ0) is 21.7. The van der Waals surface area contributed by atoms with Gasteiger partial charge in [0.25, 0.3) is 5.91 Å². The quantitative estimate of drug-likeness (QED) is 0.183. The number of carbonyl (C=O) groups excluding carboxylic acids is 2. The molecular formula is C20H17Br3N2O2S3. The van der Waals surface area contributed by atoms with E-state index in [2.05, 4.69) is 53.1 Å². The van der Waals surface area contributed by atoms with E-state index in [1.807, 2.05) is 35.7 Å². The highest BCUT2D eigenvalue weighted by molar-refractivity contribution is 9.11. The fourth-order valence-corrected chi connectivity index (χ4v) is 7.28. The summed E-state index contributed by atoms with van der Waals surface area (Å²) in [4.78, 5) is 28.2. The second-order valence-corrected chi connectivity index (χ2v) is 11.7. The van der Waals surface area contributed by atoms with E-state index in [9.17, 15) is 9.59 Å². The summed E-state index contributed by atoms with van der Waals surface area (Å²) in [5, 5.41) is 4.91. The Hall–Kier alpha value is -0.520. The van der Waals surface area contributed by atoms with Crippen molar-refractivity contribution in [1.29, 1.82) is 0 Å². The van der Waals surface area contributed by atoms with Crippen molar-refractivity contribution in [2.75, 3.05) is 11.9 Å². The minimum Gasteiger partial charge on any atom is -0.324 e. The van der Waals surface area contributed by atoms with E-state index in [4.69, 9.17) is 12.2 Å². The van der Waals surface area contributed by atoms with Crippen molar-refractivity contribution in [3.63, 3.8) is 0 Å². The van der Waals surface area contributed by atoms with Gasteiger partial charge in [0.2, 0.25) is 5.91 Å². The van der Waals surface area contributed by atoms with Gasteiger partial charge in [0, 0.05) is 31.3 Å². The number of thioether (sulfide) groups is 1. The van der Waals surface area contributed by atoms with Crippen LogP contribution >= 0.6 is 83.1 Å². The fraction of sp³-hybridized carbons (Fsp3) is 0.250. The summed E-state index contributed by atoms with van der Waals surface area (Å²) in [5.41, 5.74) is 0.721. The van der Waals surface area contributed by atoms with Crippen LogP contribution in [0.4, 0.5) is 5.69 Å². The Morgan fingerprint density at radius 1 is 1.17 bits per heavy atom. The smallest absolute Gasteiger partial charge is 0.266 e. The predicted molar refractivity (Wildman–Crippen MR) is 141 cm³/mol. The lowest BCUT2D eigenvalue weighted by Crippen LogP contribution is -2.29. The third kappa shape index (κ3) is 6.49. The normalized spacial score (nSPS) is 15.3. The molecule has 0 unspecified atom stereocenters. The SMILES string of the molecule is O=C(CCCCCN1C(=O)/C(=C/c2cccs2)SC1=S)Nc1c(Br)cc(Br)cc1Br. The maximum atomic E-state index is 12.6. The van der Waals surface area contributed by atoms with Crippen LogP contribution in [0.15, 0.2) is 48.0 Å². The molecule has 1 aliphatic rings. The van der Waals surface area contributed by atoms with Gasteiger partial charge in [-0.05, 0) is 74.4 Å². The molecule has 0 radical (unpaired) electrons. The zero-order valence-electron chi connectivity index (χ0n) is 15.6. The third-order valence-electron chi connectivity index (χ3n) is 4.25. The van der Waals surface area contributed by atoms with Gasteiger partial charge < -0.3 is 5.32 Å². The average Bonchev–Trinajstić information content (AvgIpc) is 3.28. The molecule has 0 saturated carbocycles. The molecule has 1 aliphatic heterocycles. The maximum Gasteiger partial charge on any atom is 0.266 e. The first-order valence-corrected chi connectivity index (χ1v) is 13.6. The van der Waals surface area contributed by atoms with Crippen molar-refractivity contribution in [3.8, 4) is 0 Å². The summed E-state index contributed by atoms with van der Waals surface area (Å²) < 4.78 is 3.13. The first-order chi connectivity index (χ1) is 14.3. The van der Waals surface area contributed by atoms with E-state index >= 15 is 0 Å². The van der Waals surface area contributed by atoms with Crippen molar-refractivity contribution in [2.24, 2.45) is 0 Å². The number of unbranched alkanes of at least 4 members (excludes halogenated alkanes) is 2. The number of hydrogen-bond acceptors (Lipinski definition) is 5. The fourth-order valence-electron chi connectivity index (χ4n) is 2.79. The minimum atomic E-state index is -0.0387. The molecular weight excluding hydrogens is 636 g/mol. The van der Waals surface area contributed by atoms with E-state index in [0.717, 1.165) is 43.2 Å². The van der Waals surface area contributed by atoms with E-state index in [1.54, 1.807) is 16.2 Å². The molecule has 1 saturated heterocycles. The summed E-state index contributed by atoms with van der Waals surface area (Å²) in [6.07, 6.45) is 4.71. The molecule has 0 spiro atoms. The monoisotopic (exact) mass is 650 g/mol. The van der Waals surface area contributed by atoms with E-state index < -0.39 is 0 Å². The molecule has 2 aromatic rings. The van der Waals surface area contributed by atoms with Gasteiger partial charge in [0.05, 0.1) is 10.6 Å². The molecule has 2 heterocycles. The summed E-state index contributed by atoms with van der Waals surface area (Å²) in [5.74, 6) is -0.0655. The summed E-state index contributed by atoms with van der Waals surface area (Å²) in [6, 6.07) is 7.71. The Kier molecular flexibility index (Phi) is 9.15. The Balaban J connectivity index is 1.41. The van der Waals surface area contributed by atoms with Crippen LogP contribution in [0.5, 0.6) is 0 Å². The van der Waals surface area contributed by atoms with Gasteiger partial charge in [-0.3, -0.25) is 14.5 Å². The van der Waals surface area contributed by atoms with Gasteiger partial charge in [-0.15, -0.1) is 11.3 Å². The van der Waals surface area contributed by atoms with Crippen molar-refractivity contribution < 1.29 is 9.59 Å². The number of hydrogen-bond donors (Lipinski definition) is 1. The molecule has 0 bridgehead atoms. The highest BCUT2D eigenvalue weighted by atomic mass is 79.9. The number of thiophene rings is 1. The summed E-state index contributed by atoms with van der Waals surface area (Å²) >= 11 is 18.7. The van der Waals surface area contributed by atoms with Crippen molar-refractivity contribution in [1.82, 2.24) is 4.90 Å². The van der Waals surface area contributed by atoms with Crippen LogP contribution in [0.25, 0.3) is 6.08 Å². The number of benzene rings is 1. The van der Waals surface area contributed by atoms with Gasteiger partial charge >= 0.3 is 0 Å². The lowest BCUT2D eigenvalue weighted by atomic mass is 10.1. The van der Waals surface area contributed by atoms with Crippen LogP contribution in [-0.4, -0.2) is 27.6 Å². The van der Waals surface area contributed by atoms with Crippen LogP contribution in [0.2, 0.25) is 0 Å². The van der Waals surface area contributed by atoms with Gasteiger partial charge in [-0.1, -0.05) is 52.4 Å². The Labute approximate surface area is 214 Å². The van der Waals surface area contributed by atoms with Crippen molar-refractivity contribution in [3.05, 3.63) is 52.8 Å². The number of nitrogens with one attached hydrogen (secondary N) is 1.